The molecule has 2 amide bonds. The molecular formula is C18H23FN2O3. The number of aliphatic hydroxyl groups is 1. The summed E-state index contributed by atoms with van der Waals surface area (Å²) in [5.74, 6) is -1.04. The Morgan fingerprint density at radius 2 is 1.92 bits per heavy atom. The Labute approximate surface area is 141 Å². The normalized spacial score (nSPS) is 20.8. The lowest BCUT2D eigenvalue weighted by molar-refractivity contribution is -0.126. The molecule has 0 aromatic heterocycles. The largest absolute Gasteiger partial charge is 0.393 e. The van der Waals surface area contributed by atoms with Gasteiger partial charge in [-0.25, -0.2) is 4.39 Å². The number of carbonyl (C=O) groups excluding carboxylic acids is 2. The van der Waals surface area contributed by atoms with Crippen LogP contribution in [0.3, 0.4) is 0 Å². The molecule has 1 aliphatic rings. The number of benzene rings is 1. The van der Waals surface area contributed by atoms with E-state index in [0.29, 0.717) is 12.2 Å². The van der Waals surface area contributed by atoms with Crippen LogP contribution in [0.4, 0.5) is 10.1 Å². The summed E-state index contributed by atoms with van der Waals surface area (Å²) in [6, 6.07) is 5.38. The maximum atomic E-state index is 12.8. The fourth-order valence-corrected chi connectivity index (χ4v) is 2.83. The van der Waals surface area contributed by atoms with E-state index in [4.69, 9.17) is 0 Å². The molecule has 1 aromatic rings. The molecule has 0 aliphatic heterocycles. The van der Waals surface area contributed by atoms with E-state index in [2.05, 4.69) is 5.32 Å². The molecule has 6 heteroatoms. The third-order valence-electron chi connectivity index (χ3n) is 4.24. The van der Waals surface area contributed by atoms with E-state index in [1.807, 2.05) is 0 Å². The number of aliphatic hydroxyl groups excluding tert-OH is 1. The Hall–Kier alpha value is -2.21. The monoisotopic (exact) mass is 334 g/mol. The van der Waals surface area contributed by atoms with Gasteiger partial charge in [-0.05, 0) is 37.1 Å². The molecule has 0 saturated heterocycles. The van der Waals surface area contributed by atoms with Gasteiger partial charge in [0, 0.05) is 37.3 Å². The van der Waals surface area contributed by atoms with Crippen molar-refractivity contribution < 1.29 is 19.1 Å². The summed E-state index contributed by atoms with van der Waals surface area (Å²) in [5, 5.41) is 12.5. The quantitative estimate of drug-likeness (QED) is 0.812. The number of carbonyl (C=O) groups is 2. The summed E-state index contributed by atoms with van der Waals surface area (Å²) in [6.07, 6.45) is 5.78. The molecule has 2 N–H and O–H groups in total. The summed E-state index contributed by atoms with van der Waals surface area (Å²) in [5.41, 5.74) is 0.456. The van der Waals surface area contributed by atoms with E-state index in [-0.39, 0.29) is 23.7 Å². The van der Waals surface area contributed by atoms with Crippen molar-refractivity contribution in [2.75, 3.05) is 18.9 Å². The van der Waals surface area contributed by atoms with E-state index in [0.717, 1.165) is 31.8 Å². The molecule has 0 spiro atoms. The van der Waals surface area contributed by atoms with Gasteiger partial charge in [-0.2, -0.15) is 0 Å². The fraction of sp³-hybridized carbons (Fsp3) is 0.444. The zero-order chi connectivity index (χ0) is 17.5. The van der Waals surface area contributed by atoms with Crippen LogP contribution in [0, 0.1) is 11.7 Å². The van der Waals surface area contributed by atoms with Gasteiger partial charge in [-0.3, -0.25) is 9.59 Å². The number of anilines is 1. The van der Waals surface area contributed by atoms with Gasteiger partial charge in [0.25, 0.3) is 0 Å². The summed E-state index contributed by atoms with van der Waals surface area (Å²) in [4.78, 5) is 25.3. The summed E-state index contributed by atoms with van der Waals surface area (Å²) in [6.45, 7) is 0.476. The zero-order valence-corrected chi connectivity index (χ0v) is 13.7. The van der Waals surface area contributed by atoms with Crippen molar-refractivity contribution in [3.63, 3.8) is 0 Å². The second-order valence-corrected chi connectivity index (χ2v) is 6.16. The molecule has 2 atom stereocenters. The van der Waals surface area contributed by atoms with Crippen LogP contribution in [0.2, 0.25) is 0 Å². The number of nitrogens with one attached hydrogen (secondary N) is 1. The van der Waals surface area contributed by atoms with Gasteiger partial charge in [-0.1, -0.05) is 12.8 Å². The maximum absolute atomic E-state index is 12.8. The van der Waals surface area contributed by atoms with Crippen molar-refractivity contribution in [3.05, 3.63) is 42.2 Å². The highest BCUT2D eigenvalue weighted by molar-refractivity contribution is 6.03. The van der Waals surface area contributed by atoms with Crippen LogP contribution >= 0.6 is 0 Å². The standard InChI is InChI=1S/C18H23FN2O3/c1-21(12-13-4-2-3-5-16(13)22)18(24)11-10-17(23)20-15-8-6-14(19)7-9-15/h6-11,13,16,22H,2-5,12H2,1H3,(H,20,23)/b11-10+. The lowest BCUT2D eigenvalue weighted by atomic mass is 9.86. The van der Waals surface area contributed by atoms with E-state index < -0.39 is 5.91 Å². The number of amides is 2. The Morgan fingerprint density at radius 1 is 1.25 bits per heavy atom. The summed E-state index contributed by atoms with van der Waals surface area (Å²) < 4.78 is 12.8. The molecule has 5 nitrogen and oxygen atoms in total. The van der Waals surface area contributed by atoms with Gasteiger partial charge in [-0.15, -0.1) is 0 Å². The number of rotatable bonds is 5. The van der Waals surface area contributed by atoms with Crippen molar-refractivity contribution in [1.82, 2.24) is 4.90 Å². The molecule has 0 heterocycles. The molecule has 0 radical (unpaired) electrons. The first-order valence-corrected chi connectivity index (χ1v) is 8.13. The smallest absolute Gasteiger partial charge is 0.248 e. The Balaban J connectivity index is 1.82. The molecule has 1 fully saturated rings. The maximum Gasteiger partial charge on any atom is 0.248 e. The molecule has 0 bridgehead atoms. The van der Waals surface area contributed by atoms with E-state index >= 15 is 0 Å². The number of nitrogens with zero attached hydrogens (tertiary/aromatic N) is 1. The van der Waals surface area contributed by atoms with Crippen LogP contribution in [0.1, 0.15) is 25.7 Å². The molecule has 2 rings (SSSR count). The SMILES string of the molecule is CN(CC1CCCCC1O)C(=O)/C=C/C(=O)Nc1ccc(F)cc1. The lowest BCUT2D eigenvalue weighted by Crippen LogP contribution is -2.37. The van der Waals surface area contributed by atoms with Crippen LogP contribution in [-0.4, -0.2) is 41.5 Å². The van der Waals surface area contributed by atoms with Crippen LogP contribution in [0.15, 0.2) is 36.4 Å². The van der Waals surface area contributed by atoms with Crippen molar-refractivity contribution in [1.29, 1.82) is 0 Å². The molecule has 130 valence electrons. The minimum Gasteiger partial charge on any atom is -0.393 e. The third-order valence-corrected chi connectivity index (χ3v) is 4.24. The van der Waals surface area contributed by atoms with Gasteiger partial charge >= 0.3 is 0 Å². The number of hydrogen-bond donors (Lipinski definition) is 2. The van der Waals surface area contributed by atoms with Gasteiger partial charge in [0.1, 0.15) is 5.82 Å². The second kappa shape index (κ2) is 8.59. The van der Waals surface area contributed by atoms with Crippen molar-refractivity contribution in [2.45, 2.75) is 31.8 Å². The highest BCUT2D eigenvalue weighted by atomic mass is 19.1. The fourth-order valence-electron chi connectivity index (χ4n) is 2.83. The second-order valence-electron chi connectivity index (χ2n) is 6.16. The average molecular weight is 334 g/mol. The first-order valence-electron chi connectivity index (χ1n) is 8.13. The van der Waals surface area contributed by atoms with Crippen LogP contribution in [0.5, 0.6) is 0 Å². The van der Waals surface area contributed by atoms with Crippen LogP contribution in [0.25, 0.3) is 0 Å². The average Bonchev–Trinajstić information content (AvgIpc) is 2.56. The van der Waals surface area contributed by atoms with Crippen LogP contribution < -0.4 is 5.32 Å². The minimum absolute atomic E-state index is 0.0918. The van der Waals surface area contributed by atoms with Crippen molar-refractivity contribution >= 4 is 17.5 Å². The van der Waals surface area contributed by atoms with Gasteiger partial charge in [0.2, 0.25) is 11.8 Å². The summed E-state index contributed by atoms with van der Waals surface area (Å²) >= 11 is 0. The van der Waals surface area contributed by atoms with Gasteiger partial charge in [0.05, 0.1) is 6.10 Å². The van der Waals surface area contributed by atoms with Crippen LogP contribution in [-0.2, 0) is 9.59 Å². The Morgan fingerprint density at radius 3 is 2.58 bits per heavy atom. The molecule has 24 heavy (non-hydrogen) atoms. The highest BCUT2D eigenvalue weighted by Crippen LogP contribution is 2.24. The first kappa shape index (κ1) is 18.1. The number of halogens is 1. The predicted octanol–water partition coefficient (Wildman–Crippen LogP) is 2.33. The van der Waals surface area contributed by atoms with Gasteiger partial charge in [0.15, 0.2) is 0 Å². The lowest BCUT2D eigenvalue weighted by Gasteiger charge is -2.30. The minimum atomic E-state index is -0.457. The first-order chi connectivity index (χ1) is 11.5. The zero-order valence-electron chi connectivity index (χ0n) is 13.7. The van der Waals surface area contributed by atoms with E-state index in [9.17, 15) is 19.1 Å². The van der Waals surface area contributed by atoms with E-state index in [1.54, 1.807) is 7.05 Å². The molecular weight excluding hydrogens is 311 g/mol. The van der Waals surface area contributed by atoms with Crippen molar-refractivity contribution in [2.24, 2.45) is 5.92 Å². The molecule has 2 unspecified atom stereocenters. The van der Waals surface area contributed by atoms with Crippen molar-refractivity contribution in [3.8, 4) is 0 Å². The number of hydrogen-bond acceptors (Lipinski definition) is 3. The van der Waals surface area contributed by atoms with Gasteiger partial charge < -0.3 is 15.3 Å². The molecule has 1 saturated carbocycles. The van der Waals surface area contributed by atoms with E-state index in [1.165, 1.54) is 35.2 Å². The summed E-state index contributed by atoms with van der Waals surface area (Å²) in [7, 11) is 1.66. The molecule has 1 aliphatic carbocycles. The Kier molecular flexibility index (Phi) is 6.49. The third kappa shape index (κ3) is 5.45. The Bertz CT molecular complexity index is 601. The topological polar surface area (TPSA) is 69.6 Å². The highest BCUT2D eigenvalue weighted by Gasteiger charge is 2.25. The number of likely N-dealkylation sites (N-methyl/N-ethyl adjacent to an activating group) is 1. The predicted molar refractivity (Wildman–Crippen MR) is 89.8 cm³/mol. The molecule has 1 aromatic carbocycles.